The second kappa shape index (κ2) is 7.84. The Hall–Kier alpha value is -2.16. The number of rotatable bonds is 6. The molecular weight excluding hydrogens is 406 g/mol. The average molecular weight is 424 g/mol. The summed E-state index contributed by atoms with van der Waals surface area (Å²) in [7, 11) is -3.55. The lowest BCUT2D eigenvalue weighted by Gasteiger charge is -2.06. The molecule has 27 heavy (non-hydrogen) atoms. The number of hydrogen-bond donors (Lipinski definition) is 2. The van der Waals surface area contributed by atoms with Gasteiger partial charge in [0.1, 0.15) is 0 Å². The van der Waals surface area contributed by atoms with E-state index in [4.69, 9.17) is 11.6 Å². The maximum Gasteiger partial charge on any atom is 0.239 e. The minimum Gasteiger partial charge on any atom is -0.273 e. The highest BCUT2D eigenvalue weighted by Crippen LogP contribution is 2.29. The first-order valence-corrected chi connectivity index (χ1v) is 11.0. The topological polar surface area (TPSA) is 88.2 Å². The Labute approximate surface area is 166 Å². The van der Waals surface area contributed by atoms with E-state index in [9.17, 15) is 13.2 Å². The molecule has 0 saturated heterocycles. The summed E-state index contributed by atoms with van der Waals surface area (Å²) in [6.07, 6.45) is -0.166. The SMILES string of the molecule is Cc1ccc2sc(NNC(=O)CCS(=O)(=O)c3ccc(Cl)cc3)nc2c1C. The number of aryl methyl sites for hydroxylation is 2. The number of sulfone groups is 1. The number of hydrogen-bond acceptors (Lipinski definition) is 6. The highest BCUT2D eigenvalue weighted by Gasteiger charge is 2.16. The van der Waals surface area contributed by atoms with E-state index in [1.165, 1.54) is 35.6 Å². The number of aromatic nitrogens is 1. The van der Waals surface area contributed by atoms with Gasteiger partial charge in [0.15, 0.2) is 9.84 Å². The molecule has 1 heterocycles. The van der Waals surface area contributed by atoms with Crippen molar-refractivity contribution in [3.05, 3.63) is 52.5 Å². The van der Waals surface area contributed by atoms with Crippen molar-refractivity contribution in [1.29, 1.82) is 0 Å². The molecule has 0 unspecified atom stereocenters. The van der Waals surface area contributed by atoms with E-state index in [0.717, 1.165) is 21.3 Å². The number of halogens is 1. The fraction of sp³-hybridized carbons (Fsp3) is 0.222. The summed E-state index contributed by atoms with van der Waals surface area (Å²) in [5.74, 6) is -0.722. The zero-order valence-electron chi connectivity index (χ0n) is 14.7. The number of benzene rings is 2. The van der Waals surface area contributed by atoms with Crippen molar-refractivity contribution in [2.24, 2.45) is 0 Å². The van der Waals surface area contributed by atoms with Gasteiger partial charge >= 0.3 is 0 Å². The van der Waals surface area contributed by atoms with Crippen LogP contribution in [0.4, 0.5) is 5.13 Å². The number of carbonyl (C=O) groups excluding carboxylic acids is 1. The molecular formula is C18H18ClN3O3S2. The van der Waals surface area contributed by atoms with Crippen LogP contribution < -0.4 is 10.9 Å². The molecule has 0 aliphatic heterocycles. The maximum absolute atomic E-state index is 12.3. The van der Waals surface area contributed by atoms with Gasteiger partial charge < -0.3 is 0 Å². The number of anilines is 1. The first-order valence-electron chi connectivity index (χ1n) is 8.16. The number of hydrazine groups is 1. The van der Waals surface area contributed by atoms with E-state index in [-0.39, 0.29) is 17.1 Å². The third-order valence-corrected chi connectivity index (χ3v) is 7.08. The molecule has 1 amide bonds. The van der Waals surface area contributed by atoms with E-state index < -0.39 is 15.7 Å². The number of carbonyl (C=O) groups is 1. The summed E-state index contributed by atoms with van der Waals surface area (Å²) in [6.45, 7) is 4.02. The van der Waals surface area contributed by atoms with Crippen LogP contribution in [0.2, 0.25) is 5.02 Å². The molecule has 0 atom stereocenters. The van der Waals surface area contributed by atoms with Crippen molar-refractivity contribution in [2.75, 3.05) is 11.2 Å². The molecule has 0 fully saturated rings. The van der Waals surface area contributed by atoms with Gasteiger partial charge in [-0.05, 0) is 55.3 Å². The van der Waals surface area contributed by atoms with E-state index >= 15 is 0 Å². The maximum atomic E-state index is 12.3. The van der Waals surface area contributed by atoms with Gasteiger partial charge in [0.05, 0.1) is 20.9 Å². The summed E-state index contributed by atoms with van der Waals surface area (Å²) >= 11 is 7.18. The molecule has 9 heteroatoms. The predicted octanol–water partition coefficient (Wildman–Crippen LogP) is 3.87. The van der Waals surface area contributed by atoms with Crippen molar-refractivity contribution in [2.45, 2.75) is 25.2 Å². The van der Waals surface area contributed by atoms with Crippen LogP contribution >= 0.6 is 22.9 Å². The molecule has 0 bridgehead atoms. The Kier molecular flexibility index (Phi) is 5.69. The lowest BCUT2D eigenvalue weighted by molar-refractivity contribution is -0.120. The standard InChI is InChI=1S/C18H18ClN3O3S2/c1-11-3-8-15-17(12(11)2)20-18(26-15)22-21-16(23)9-10-27(24,25)14-6-4-13(19)5-7-14/h3-8H,9-10H2,1-2H3,(H,20,22)(H,21,23). The zero-order chi connectivity index (χ0) is 19.6. The van der Waals surface area contributed by atoms with Crippen LogP contribution in [0, 0.1) is 13.8 Å². The number of nitrogens with one attached hydrogen (secondary N) is 2. The van der Waals surface area contributed by atoms with Gasteiger partial charge in [0.2, 0.25) is 11.0 Å². The normalized spacial score (nSPS) is 11.5. The Balaban J connectivity index is 1.58. The van der Waals surface area contributed by atoms with Crippen molar-refractivity contribution < 1.29 is 13.2 Å². The molecule has 0 radical (unpaired) electrons. The molecule has 2 aromatic carbocycles. The predicted molar refractivity (Wildman–Crippen MR) is 109 cm³/mol. The van der Waals surface area contributed by atoms with E-state index in [0.29, 0.717) is 10.2 Å². The molecule has 3 aromatic rings. The van der Waals surface area contributed by atoms with Crippen LogP contribution in [-0.2, 0) is 14.6 Å². The van der Waals surface area contributed by atoms with Crippen LogP contribution in [0.1, 0.15) is 17.5 Å². The molecule has 2 N–H and O–H groups in total. The molecule has 0 saturated carbocycles. The largest absolute Gasteiger partial charge is 0.273 e. The Morgan fingerprint density at radius 3 is 2.56 bits per heavy atom. The van der Waals surface area contributed by atoms with Gasteiger partial charge in [0, 0.05) is 11.4 Å². The van der Waals surface area contributed by atoms with Crippen LogP contribution in [0.25, 0.3) is 10.2 Å². The molecule has 1 aromatic heterocycles. The zero-order valence-corrected chi connectivity index (χ0v) is 17.1. The van der Waals surface area contributed by atoms with Gasteiger partial charge in [-0.15, -0.1) is 0 Å². The number of nitrogens with zero attached hydrogens (tertiary/aromatic N) is 1. The highest BCUT2D eigenvalue weighted by molar-refractivity contribution is 7.91. The lowest BCUT2D eigenvalue weighted by Crippen LogP contribution is -2.30. The summed E-state index contributed by atoms with van der Waals surface area (Å²) in [6, 6.07) is 9.89. The van der Waals surface area contributed by atoms with Crippen LogP contribution in [0.3, 0.4) is 0 Å². The smallest absolute Gasteiger partial charge is 0.239 e. The summed E-state index contributed by atoms with van der Waals surface area (Å²) < 4.78 is 25.5. The molecule has 0 aliphatic rings. The van der Waals surface area contributed by atoms with Crippen LogP contribution in [-0.4, -0.2) is 25.1 Å². The van der Waals surface area contributed by atoms with Gasteiger partial charge in [-0.25, -0.2) is 13.4 Å². The van der Waals surface area contributed by atoms with E-state index in [1.54, 1.807) is 0 Å². The first kappa shape index (κ1) is 19.6. The average Bonchev–Trinajstić information content (AvgIpc) is 3.06. The van der Waals surface area contributed by atoms with Crippen LogP contribution in [0.15, 0.2) is 41.3 Å². The van der Waals surface area contributed by atoms with Crippen LogP contribution in [0.5, 0.6) is 0 Å². The monoisotopic (exact) mass is 423 g/mol. The fourth-order valence-electron chi connectivity index (χ4n) is 2.45. The molecule has 3 rings (SSSR count). The second-order valence-corrected chi connectivity index (χ2v) is 9.65. The third kappa shape index (κ3) is 4.58. The molecule has 142 valence electrons. The third-order valence-electron chi connectivity index (χ3n) is 4.16. The summed E-state index contributed by atoms with van der Waals surface area (Å²) in [5, 5.41) is 1.00. The Morgan fingerprint density at radius 1 is 1.15 bits per heavy atom. The van der Waals surface area contributed by atoms with Crippen molar-refractivity contribution in [3.63, 3.8) is 0 Å². The minimum atomic E-state index is -3.55. The summed E-state index contributed by atoms with van der Waals surface area (Å²) in [4.78, 5) is 16.6. The number of thiazole rings is 1. The van der Waals surface area contributed by atoms with Gasteiger partial charge in [-0.3, -0.25) is 15.6 Å². The quantitative estimate of drug-likeness (QED) is 0.587. The molecule has 0 spiro atoms. The van der Waals surface area contributed by atoms with E-state index in [2.05, 4.69) is 15.8 Å². The van der Waals surface area contributed by atoms with Crippen molar-refractivity contribution >= 4 is 54.0 Å². The number of amides is 1. The first-order chi connectivity index (χ1) is 12.8. The molecule has 6 nitrogen and oxygen atoms in total. The van der Waals surface area contributed by atoms with Crippen molar-refractivity contribution in [1.82, 2.24) is 10.4 Å². The second-order valence-electron chi connectivity index (χ2n) is 6.07. The highest BCUT2D eigenvalue weighted by atomic mass is 35.5. The fourth-order valence-corrected chi connectivity index (χ4v) is 4.70. The lowest BCUT2D eigenvalue weighted by atomic mass is 10.1. The van der Waals surface area contributed by atoms with Gasteiger partial charge in [-0.2, -0.15) is 0 Å². The minimum absolute atomic E-state index is 0.143. The Morgan fingerprint density at radius 2 is 1.85 bits per heavy atom. The van der Waals surface area contributed by atoms with E-state index in [1.807, 2.05) is 26.0 Å². The number of fused-ring (bicyclic) bond motifs is 1. The van der Waals surface area contributed by atoms with Gasteiger partial charge in [0.25, 0.3) is 0 Å². The van der Waals surface area contributed by atoms with Crippen molar-refractivity contribution in [3.8, 4) is 0 Å². The molecule has 0 aliphatic carbocycles. The van der Waals surface area contributed by atoms with Gasteiger partial charge in [-0.1, -0.05) is 29.0 Å². The summed E-state index contributed by atoms with van der Waals surface area (Å²) in [5.41, 5.74) is 8.39. The Bertz CT molecular complexity index is 1090.